The molecular formula is C25H33N3O2. The lowest BCUT2D eigenvalue weighted by Crippen LogP contribution is -2.40. The fourth-order valence-electron chi connectivity index (χ4n) is 5.03. The molecule has 1 unspecified atom stereocenters. The van der Waals surface area contributed by atoms with E-state index in [-0.39, 0.29) is 11.9 Å². The minimum atomic E-state index is -0.0101. The molecule has 5 heteroatoms. The monoisotopic (exact) mass is 407 g/mol. The molecule has 1 aromatic heterocycles. The van der Waals surface area contributed by atoms with Crippen molar-refractivity contribution in [2.45, 2.75) is 58.0 Å². The number of amides is 1. The lowest BCUT2D eigenvalue weighted by molar-refractivity contribution is -0.120. The molecule has 0 bridgehead atoms. The standard InChI is InChI=1S/C25H33N3O2/c1-18(29)27-25(23-9-5-6-12-26-23)19-10-13-28(14-11-19)17-22-15-20-7-3-4-8-21(20)16-24(22)30-2/h5-6,9,12,15-16,19,25H,3-4,7-8,10-11,13-14,17H2,1-2H3,(H,27,29). The number of nitrogens with one attached hydrogen (secondary N) is 1. The molecule has 1 aromatic carbocycles. The normalized spacial score (nSPS) is 18.5. The van der Waals surface area contributed by atoms with Crippen LogP contribution in [-0.4, -0.2) is 36.0 Å². The van der Waals surface area contributed by atoms with Crippen LogP contribution in [0.4, 0.5) is 0 Å². The predicted molar refractivity (Wildman–Crippen MR) is 118 cm³/mol. The Morgan fingerprint density at radius 1 is 1.20 bits per heavy atom. The molecule has 1 atom stereocenters. The van der Waals surface area contributed by atoms with Crippen LogP contribution in [0.15, 0.2) is 36.5 Å². The highest BCUT2D eigenvalue weighted by atomic mass is 16.5. The molecule has 1 N–H and O–H groups in total. The first kappa shape index (κ1) is 20.9. The van der Waals surface area contributed by atoms with E-state index in [2.05, 4.69) is 27.3 Å². The molecule has 2 aromatic rings. The second kappa shape index (κ2) is 9.61. The van der Waals surface area contributed by atoms with E-state index in [4.69, 9.17) is 4.74 Å². The third kappa shape index (κ3) is 4.84. The average molecular weight is 408 g/mol. The lowest BCUT2D eigenvalue weighted by atomic mass is 9.86. The summed E-state index contributed by atoms with van der Waals surface area (Å²) in [6.07, 6.45) is 8.86. The summed E-state index contributed by atoms with van der Waals surface area (Å²) in [5.41, 5.74) is 5.24. The number of pyridine rings is 1. The van der Waals surface area contributed by atoms with Crippen molar-refractivity contribution in [2.75, 3.05) is 20.2 Å². The molecule has 30 heavy (non-hydrogen) atoms. The van der Waals surface area contributed by atoms with Gasteiger partial charge in [0.25, 0.3) is 0 Å². The van der Waals surface area contributed by atoms with E-state index in [0.717, 1.165) is 43.9 Å². The molecule has 1 aliphatic carbocycles. The van der Waals surface area contributed by atoms with Crippen LogP contribution in [0.1, 0.15) is 61.0 Å². The predicted octanol–water partition coefficient (Wildman–Crippen LogP) is 4.06. The number of piperidine rings is 1. The zero-order chi connectivity index (χ0) is 20.9. The number of likely N-dealkylation sites (tertiary alicyclic amines) is 1. The molecule has 1 fully saturated rings. The van der Waals surface area contributed by atoms with Gasteiger partial charge in [0.15, 0.2) is 0 Å². The summed E-state index contributed by atoms with van der Waals surface area (Å²) in [4.78, 5) is 18.8. The fraction of sp³-hybridized carbons (Fsp3) is 0.520. The first-order valence-corrected chi connectivity index (χ1v) is 11.2. The Bertz CT molecular complexity index is 860. The first-order chi connectivity index (χ1) is 14.6. The number of carbonyl (C=O) groups is 1. The van der Waals surface area contributed by atoms with E-state index in [1.54, 1.807) is 14.0 Å². The van der Waals surface area contributed by atoms with Crippen molar-refractivity contribution in [1.82, 2.24) is 15.2 Å². The highest BCUT2D eigenvalue weighted by Gasteiger charge is 2.29. The van der Waals surface area contributed by atoms with Crippen molar-refractivity contribution < 1.29 is 9.53 Å². The van der Waals surface area contributed by atoms with Crippen LogP contribution in [-0.2, 0) is 24.2 Å². The highest BCUT2D eigenvalue weighted by molar-refractivity contribution is 5.73. The van der Waals surface area contributed by atoms with Gasteiger partial charge >= 0.3 is 0 Å². The molecule has 5 nitrogen and oxygen atoms in total. The number of benzene rings is 1. The molecule has 2 aliphatic rings. The lowest BCUT2D eigenvalue weighted by Gasteiger charge is -2.36. The van der Waals surface area contributed by atoms with E-state index in [0.29, 0.717) is 5.92 Å². The number of carbonyl (C=O) groups excluding carboxylic acids is 1. The molecular weight excluding hydrogens is 374 g/mol. The number of hydrogen-bond acceptors (Lipinski definition) is 4. The Labute approximate surface area is 179 Å². The van der Waals surface area contributed by atoms with Gasteiger partial charge in [0.1, 0.15) is 5.75 Å². The van der Waals surface area contributed by atoms with Gasteiger partial charge in [-0.3, -0.25) is 14.7 Å². The topological polar surface area (TPSA) is 54.5 Å². The van der Waals surface area contributed by atoms with Gasteiger partial charge in [-0.1, -0.05) is 12.1 Å². The zero-order valence-electron chi connectivity index (χ0n) is 18.2. The minimum absolute atomic E-state index is 0.00637. The fourth-order valence-corrected chi connectivity index (χ4v) is 5.03. The van der Waals surface area contributed by atoms with Crippen LogP contribution in [0, 0.1) is 5.92 Å². The van der Waals surface area contributed by atoms with Crippen LogP contribution in [0.2, 0.25) is 0 Å². The number of rotatable bonds is 6. The second-order valence-electron chi connectivity index (χ2n) is 8.69. The smallest absolute Gasteiger partial charge is 0.217 e. The molecule has 4 rings (SSSR count). The number of ether oxygens (including phenoxy) is 1. The molecule has 0 saturated carbocycles. The Kier molecular flexibility index (Phi) is 6.68. The molecule has 1 saturated heterocycles. The summed E-state index contributed by atoms with van der Waals surface area (Å²) >= 11 is 0. The van der Waals surface area contributed by atoms with Gasteiger partial charge in [0.05, 0.1) is 18.8 Å². The second-order valence-corrected chi connectivity index (χ2v) is 8.69. The molecule has 0 radical (unpaired) electrons. The van der Waals surface area contributed by atoms with Crippen molar-refractivity contribution in [1.29, 1.82) is 0 Å². The van der Waals surface area contributed by atoms with Crippen LogP contribution in [0.5, 0.6) is 5.75 Å². The van der Waals surface area contributed by atoms with Crippen molar-refractivity contribution in [3.63, 3.8) is 0 Å². The molecule has 1 aliphatic heterocycles. The molecule has 1 amide bonds. The number of aromatic nitrogens is 1. The summed E-state index contributed by atoms with van der Waals surface area (Å²) in [7, 11) is 1.78. The van der Waals surface area contributed by atoms with E-state index in [1.165, 1.54) is 42.4 Å². The quantitative estimate of drug-likeness (QED) is 0.785. The largest absolute Gasteiger partial charge is 0.496 e. The Morgan fingerprint density at radius 2 is 1.93 bits per heavy atom. The van der Waals surface area contributed by atoms with Gasteiger partial charge in [-0.05, 0) is 86.9 Å². The van der Waals surface area contributed by atoms with E-state index < -0.39 is 0 Å². The van der Waals surface area contributed by atoms with E-state index >= 15 is 0 Å². The summed E-state index contributed by atoms with van der Waals surface area (Å²) in [6, 6.07) is 10.6. The maximum absolute atomic E-state index is 11.8. The SMILES string of the molecule is COc1cc2c(cc1CN1CCC(C(NC(C)=O)c3ccccn3)CC1)CCCC2. The highest BCUT2D eigenvalue weighted by Crippen LogP contribution is 2.33. The Hall–Kier alpha value is -2.40. The van der Waals surface area contributed by atoms with Crippen molar-refractivity contribution in [3.8, 4) is 5.75 Å². The van der Waals surface area contributed by atoms with Gasteiger partial charge in [0.2, 0.25) is 5.91 Å². The third-order valence-electron chi connectivity index (χ3n) is 6.61. The number of methoxy groups -OCH3 is 1. The number of nitrogens with zero attached hydrogens (tertiary/aromatic N) is 2. The minimum Gasteiger partial charge on any atom is -0.496 e. The van der Waals surface area contributed by atoms with Crippen molar-refractivity contribution in [2.24, 2.45) is 5.92 Å². The van der Waals surface area contributed by atoms with Crippen LogP contribution in [0.25, 0.3) is 0 Å². The number of fused-ring (bicyclic) bond motifs is 1. The van der Waals surface area contributed by atoms with Gasteiger partial charge in [-0.15, -0.1) is 0 Å². The first-order valence-electron chi connectivity index (χ1n) is 11.2. The van der Waals surface area contributed by atoms with Crippen LogP contribution < -0.4 is 10.1 Å². The molecule has 0 spiro atoms. The van der Waals surface area contributed by atoms with E-state index in [9.17, 15) is 4.79 Å². The number of hydrogen-bond donors (Lipinski definition) is 1. The summed E-state index contributed by atoms with van der Waals surface area (Å²) < 4.78 is 5.73. The zero-order valence-corrected chi connectivity index (χ0v) is 18.2. The van der Waals surface area contributed by atoms with Gasteiger partial charge in [-0.25, -0.2) is 0 Å². The molecule has 2 heterocycles. The Balaban J connectivity index is 1.42. The summed E-state index contributed by atoms with van der Waals surface area (Å²) in [5.74, 6) is 1.44. The van der Waals surface area contributed by atoms with Gasteiger partial charge in [0, 0.05) is 25.2 Å². The van der Waals surface area contributed by atoms with E-state index in [1.807, 2.05) is 24.4 Å². The summed E-state index contributed by atoms with van der Waals surface area (Å²) in [5, 5.41) is 3.14. The van der Waals surface area contributed by atoms with Crippen LogP contribution in [0.3, 0.4) is 0 Å². The Morgan fingerprint density at radius 3 is 2.57 bits per heavy atom. The van der Waals surface area contributed by atoms with Gasteiger partial charge in [-0.2, -0.15) is 0 Å². The maximum atomic E-state index is 11.8. The van der Waals surface area contributed by atoms with Crippen LogP contribution >= 0.6 is 0 Å². The van der Waals surface area contributed by atoms with Crippen molar-refractivity contribution >= 4 is 5.91 Å². The van der Waals surface area contributed by atoms with Crippen molar-refractivity contribution in [3.05, 3.63) is 58.9 Å². The average Bonchev–Trinajstić information content (AvgIpc) is 2.78. The summed E-state index contributed by atoms with van der Waals surface area (Å²) in [6.45, 7) is 4.56. The molecule has 160 valence electrons. The maximum Gasteiger partial charge on any atom is 0.217 e. The number of aryl methyl sites for hydroxylation is 2. The third-order valence-corrected chi connectivity index (χ3v) is 6.61. The van der Waals surface area contributed by atoms with Gasteiger partial charge < -0.3 is 10.1 Å².